The smallest absolute Gasteiger partial charge is 0.264 e. The van der Waals surface area contributed by atoms with Crippen LogP contribution in [0.3, 0.4) is 0 Å². The minimum atomic E-state index is -3.48. The minimum Gasteiger partial charge on any atom is -0.404 e. The largest absolute Gasteiger partial charge is 0.404 e. The second-order valence-corrected chi connectivity index (χ2v) is 15.0. The third-order valence-electron chi connectivity index (χ3n) is 5.82. The van der Waals surface area contributed by atoms with Crippen LogP contribution in [0.15, 0.2) is 60.7 Å². The molecule has 29 heavy (non-hydrogen) atoms. The lowest BCUT2D eigenvalue weighted by atomic mass is 10.1. The molecular weight excluding hydrogens is 400 g/mol. The van der Waals surface area contributed by atoms with Gasteiger partial charge in [-0.2, -0.15) is 8.42 Å². The van der Waals surface area contributed by atoms with Gasteiger partial charge in [-0.15, -0.1) is 0 Å². The zero-order chi connectivity index (χ0) is 21.3. The Morgan fingerprint density at radius 2 is 1.38 bits per heavy atom. The van der Waals surface area contributed by atoms with Crippen LogP contribution in [-0.4, -0.2) is 35.2 Å². The summed E-state index contributed by atoms with van der Waals surface area (Å²) < 4.78 is 35.8. The molecule has 0 aliphatic heterocycles. The van der Waals surface area contributed by atoms with E-state index in [1.54, 1.807) is 0 Å². The molecule has 0 radical (unpaired) electrons. The molecule has 0 amide bonds. The Kier molecular flexibility index (Phi) is 6.39. The molecule has 0 saturated heterocycles. The Morgan fingerprint density at radius 1 is 0.897 bits per heavy atom. The highest BCUT2D eigenvalue weighted by atomic mass is 32.2. The lowest BCUT2D eigenvalue weighted by Crippen LogP contribution is -2.67. The molecule has 0 N–H and O–H groups in total. The van der Waals surface area contributed by atoms with Crippen molar-refractivity contribution in [3.05, 3.63) is 60.7 Å². The molecule has 1 fully saturated rings. The first-order valence-electron chi connectivity index (χ1n) is 10.2. The number of benzene rings is 2. The SMILES string of the molecule is CC1CC(O[Si](c2ccccc2)(c2ccccc2)C(C)(C)C)CC1OS(C)(=O)=O. The van der Waals surface area contributed by atoms with Crippen molar-refractivity contribution in [1.29, 1.82) is 0 Å². The van der Waals surface area contributed by atoms with Crippen molar-refractivity contribution in [2.45, 2.75) is 57.8 Å². The maximum Gasteiger partial charge on any atom is 0.264 e. The molecule has 2 aromatic carbocycles. The summed E-state index contributed by atoms with van der Waals surface area (Å²) >= 11 is 0. The fourth-order valence-corrected chi connectivity index (χ4v) is 9.97. The predicted octanol–water partition coefficient (Wildman–Crippen LogP) is 3.71. The molecule has 1 saturated carbocycles. The summed E-state index contributed by atoms with van der Waals surface area (Å²) in [6.45, 7) is 8.80. The topological polar surface area (TPSA) is 52.6 Å². The van der Waals surface area contributed by atoms with Crippen molar-refractivity contribution in [1.82, 2.24) is 0 Å². The van der Waals surface area contributed by atoms with Crippen LogP contribution in [0.1, 0.15) is 40.5 Å². The summed E-state index contributed by atoms with van der Waals surface area (Å²) in [6, 6.07) is 21.0. The third kappa shape index (κ3) is 4.82. The average Bonchev–Trinajstić information content (AvgIpc) is 2.97. The second kappa shape index (κ2) is 8.34. The molecule has 3 atom stereocenters. The fourth-order valence-electron chi connectivity index (χ4n) is 4.55. The van der Waals surface area contributed by atoms with Gasteiger partial charge in [-0.25, -0.2) is 0 Å². The molecule has 4 nitrogen and oxygen atoms in total. The van der Waals surface area contributed by atoms with E-state index in [0.717, 1.165) is 12.7 Å². The van der Waals surface area contributed by atoms with E-state index in [1.165, 1.54) is 10.4 Å². The Hall–Kier alpha value is -1.47. The van der Waals surface area contributed by atoms with Crippen molar-refractivity contribution >= 4 is 28.8 Å². The predicted molar refractivity (Wildman–Crippen MR) is 121 cm³/mol. The molecule has 0 aromatic heterocycles. The van der Waals surface area contributed by atoms with Gasteiger partial charge < -0.3 is 4.43 Å². The van der Waals surface area contributed by atoms with Crippen LogP contribution in [0.5, 0.6) is 0 Å². The normalized spacial score (nSPS) is 23.3. The van der Waals surface area contributed by atoms with Gasteiger partial charge in [0.1, 0.15) is 0 Å². The average molecular weight is 433 g/mol. The van der Waals surface area contributed by atoms with Crippen LogP contribution in [0.4, 0.5) is 0 Å². The Balaban J connectivity index is 2.03. The third-order valence-corrected chi connectivity index (χ3v) is 11.5. The molecular formula is C23H32O4SSi. The van der Waals surface area contributed by atoms with Crippen LogP contribution in [0.2, 0.25) is 5.04 Å². The van der Waals surface area contributed by atoms with Crippen molar-refractivity contribution in [2.24, 2.45) is 5.92 Å². The zero-order valence-electron chi connectivity index (χ0n) is 18.0. The van der Waals surface area contributed by atoms with Gasteiger partial charge >= 0.3 is 0 Å². The maximum absolute atomic E-state index is 11.7. The van der Waals surface area contributed by atoms with Gasteiger partial charge in [0.2, 0.25) is 0 Å². The van der Waals surface area contributed by atoms with Crippen LogP contribution in [-0.2, 0) is 18.7 Å². The van der Waals surface area contributed by atoms with E-state index in [4.69, 9.17) is 8.61 Å². The summed E-state index contributed by atoms with van der Waals surface area (Å²) in [7, 11) is -6.12. The highest BCUT2D eigenvalue weighted by molar-refractivity contribution is 7.86. The summed E-state index contributed by atoms with van der Waals surface area (Å²) in [5.41, 5.74) is 0. The van der Waals surface area contributed by atoms with E-state index in [2.05, 4.69) is 69.3 Å². The number of hydrogen-bond donors (Lipinski definition) is 0. The van der Waals surface area contributed by atoms with Crippen LogP contribution >= 0.6 is 0 Å². The van der Waals surface area contributed by atoms with Gasteiger partial charge in [0, 0.05) is 12.5 Å². The van der Waals surface area contributed by atoms with Crippen LogP contribution < -0.4 is 10.4 Å². The van der Waals surface area contributed by atoms with Crippen molar-refractivity contribution in [3.63, 3.8) is 0 Å². The summed E-state index contributed by atoms with van der Waals surface area (Å²) in [6.07, 6.45) is 2.15. The lowest BCUT2D eigenvalue weighted by Gasteiger charge is -2.44. The van der Waals surface area contributed by atoms with Gasteiger partial charge in [0.25, 0.3) is 18.4 Å². The molecule has 1 aliphatic rings. The quantitative estimate of drug-likeness (QED) is 0.516. The van der Waals surface area contributed by atoms with Crippen LogP contribution in [0, 0.1) is 5.92 Å². The first-order valence-corrected chi connectivity index (χ1v) is 13.9. The standard InChI is InChI=1S/C23H32O4SSi/c1-18-16-19(17-22(18)26-28(5,24)25)27-29(23(2,3)4,20-12-8-6-9-13-20)21-14-10-7-11-15-21/h6-15,18-19,22H,16-17H2,1-5H3. The van der Waals surface area contributed by atoms with E-state index in [1.807, 2.05) is 19.1 Å². The molecule has 0 heterocycles. The van der Waals surface area contributed by atoms with Gasteiger partial charge in [0.05, 0.1) is 12.4 Å². The molecule has 6 heteroatoms. The number of hydrogen-bond acceptors (Lipinski definition) is 4. The summed E-state index contributed by atoms with van der Waals surface area (Å²) in [5.74, 6) is 0.132. The molecule has 3 unspecified atom stereocenters. The van der Waals surface area contributed by atoms with Gasteiger partial charge in [-0.1, -0.05) is 88.4 Å². The van der Waals surface area contributed by atoms with Crippen molar-refractivity contribution in [3.8, 4) is 0 Å². The summed E-state index contributed by atoms with van der Waals surface area (Å²) in [4.78, 5) is 0. The van der Waals surface area contributed by atoms with E-state index >= 15 is 0 Å². The Bertz CT molecular complexity index is 867. The second-order valence-electron chi connectivity index (χ2n) is 9.19. The van der Waals surface area contributed by atoms with Crippen LogP contribution in [0.25, 0.3) is 0 Å². The molecule has 0 bridgehead atoms. The van der Waals surface area contributed by atoms with E-state index < -0.39 is 18.4 Å². The first-order chi connectivity index (χ1) is 13.5. The first kappa shape index (κ1) is 22.2. The number of rotatable bonds is 6. The highest BCUT2D eigenvalue weighted by Crippen LogP contribution is 2.41. The molecule has 2 aromatic rings. The minimum absolute atomic E-state index is 0.0388. The molecule has 158 valence electrons. The Morgan fingerprint density at radius 3 is 1.79 bits per heavy atom. The molecule has 3 rings (SSSR count). The van der Waals surface area contributed by atoms with Gasteiger partial charge in [-0.05, 0) is 27.8 Å². The van der Waals surface area contributed by atoms with Crippen molar-refractivity contribution in [2.75, 3.05) is 6.26 Å². The lowest BCUT2D eigenvalue weighted by molar-refractivity contribution is 0.155. The molecule has 0 spiro atoms. The Labute approximate surface area is 176 Å². The fraction of sp³-hybridized carbons (Fsp3) is 0.478. The van der Waals surface area contributed by atoms with Gasteiger partial charge in [0.15, 0.2) is 0 Å². The van der Waals surface area contributed by atoms with Gasteiger partial charge in [-0.3, -0.25) is 4.18 Å². The maximum atomic E-state index is 11.7. The van der Waals surface area contributed by atoms with E-state index in [-0.39, 0.29) is 23.2 Å². The van der Waals surface area contributed by atoms with Crippen molar-refractivity contribution < 1.29 is 17.0 Å². The summed E-state index contributed by atoms with van der Waals surface area (Å²) in [5, 5.41) is 2.37. The molecule has 1 aliphatic carbocycles. The monoisotopic (exact) mass is 432 g/mol. The van der Waals surface area contributed by atoms with E-state index in [0.29, 0.717) is 6.42 Å². The zero-order valence-corrected chi connectivity index (χ0v) is 19.8. The van der Waals surface area contributed by atoms with E-state index in [9.17, 15) is 8.42 Å². The highest BCUT2D eigenvalue weighted by Gasteiger charge is 2.52.